The van der Waals surface area contributed by atoms with E-state index in [4.69, 9.17) is 16.3 Å². The Kier molecular flexibility index (Phi) is 6.17. The maximum Gasteiger partial charge on any atom is 0.256 e. The zero-order chi connectivity index (χ0) is 23.3. The minimum absolute atomic E-state index is 0.365. The number of aromatic nitrogens is 6. The van der Waals surface area contributed by atoms with Crippen LogP contribution in [0.1, 0.15) is 11.4 Å². The van der Waals surface area contributed by atoms with Crippen molar-refractivity contribution in [2.45, 2.75) is 13.3 Å². The number of fused-ring (bicyclic) bond motifs is 1. The summed E-state index contributed by atoms with van der Waals surface area (Å²) in [5.74, 6) is 2.79. The maximum atomic E-state index is 6.24. The summed E-state index contributed by atoms with van der Waals surface area (Å²) in [7, 11) is 0. The second kappa shape index (κ2) is 9.72. The van der Waals surface area contributed by atoms with Gasteiger partial charge in [0.25, 0.3) is 5.78 Å². The highest BCUT2D eigenvalue weighted by Crippen LogP contribution is 2.33. The van der Waals surface area contributed by atoms with Crippen molar-refractivity contribution in [2.75, 3.05) is 17.2 Å². The van der Waals surface area contributed by atoms with E-state index in [1.54, 1.807) is 47.4 Å². The molecule has 0 aliphatic carbocycles. The van der Waals surface area contributed by atoms with E-state index < -0.39 is 0 Å². The summed E-state index contributed by atoms with van der Waals surface area (Å²) < 4.78 is 7.64. The number of hydrogen-bond acceptors (Lipinski definition) is 8. The third kappa shape index (κ3) is 5.05. The van der Waals surface area contributed by atoms with Crippen LogP contribution in [-0.2, 0) is 6.42 Å². The lowest BCUT2D eigenvalue weighted by atomic mass is 10.3. The monoisotopic (exact) mass is 472 g/mol. The summed E-state index contributed by atoms with van der Waals surface area (Å²) in [6.45, 7) is 2.61. The number of pyridine rings is 2. The molecule has 2 N–H and O–H groups in total. The first-order valence-corrected chi connectivity index (χ1v) is 11.0. The fourth-order valence-electron chi connectivity index (χ4n) is 3.37. The number of nitrogens with one attached hydrogen (secondary N) is 2. The first-order chi connectivity index (χ1) is 16.6. The second-order valence-electron chi connectivity index (χ2n) is 7.48. The van der Waals surface area contributed by atoms with Gasteiger partial charge in [0.05, 0.1) is 11.9 Å². The Morgan fingerprint density at radius 3 is 2.79 bits per heavy atom. The largest absolute Gasteiger partial charge is 0.454 e. The Morgan fingerprint density at radius 1 is 1.03 bits per heavy atom. The quantitative estimate of drug-likeness (QED) is 0.323. The van der Waals surface area contributed by atoms with Crippen molar-refractivity contribution in [3.8, 4) is 11.5 Å². The van der Waals surface area contributed by atoms with Crippen LogP contribution in [0.4, 0.5) is 17.5 Å². The molecule has 5 aromatic rings. The number of aryl methyl sites for hydroxylation is 1. The maximum absolute atomic E-state index is 6.24. The summed E-state index contributed by atoms with van der Waals surface area (Å²) in [4.78, 5) is 17.5. The normalized spacial score (nSPS) is 10.9. The Bertz CT molecular complexity index is 1410. The van der Waals surface area contributed by atoms with E-state index in [-0.39, 0.29) is 0 Å². The third-order valence-corrected chi connectivity index (χ3v) is 5.14. The van der Waals surface area contributed by atoms with E-state index >= 15 is 0 Å². The predicted molar refractivity (Wildman–Crippen MR) is 131 cm³/mol. The minimum atomic E-state index is 0.365. The Hall–Kier alpha value is -4.24. The van der Waals surface area contributed by atoms with Gasteiger partial charge in [-0.2, -0.15) is 9.50 Å². The van der Waals surface area contributed by atoms with Gasteiger partial charge in [0.2, 0.25) is 5.95 Å². The highest BCUT2D eigenvalue weighted by molar-refractivity contribution is 6.31. The van der Waals surface area contributed by atoms with Gasteiger partial charge in [0.15, 0.2) is 5.75 Å². The fraction of sp³-hybridized carbons (Fsp3) is 0.125. The molecule has 1 aromatic carbocycles. The van der Waals surface area contributed by atoms with Crippen LogP contribution in [0.3, 0.4) is 0 Å². The summed E-state index contributed by atoms with van der Waals surface area (Å²) >= 11 is 6.24. The van der Waals surface area contributed by atoms with Crippen molar-refractivity contribution >= 4 is 34.8 Å². The van der Waals surface area contributed by atoms with Gasteiger partial charge in [0, 0.05) is 47.8 Å². The number of ether oxygens (including phenoxy) is 1. The van der Waals surface area contributed by atoms with Gasteiger partial charge < -0.3 is 15.4 Å². The van der Waals surface area contributed by atoms with Crippen LogP contribution in [0.5, 0.6) is 11.5 Å². The van der Waals surface area contributed by atoms with Gasteiger partial charge in [-0.25, -0.2) is 4.98 Å². The Labute approximate surface area is 200 Å². The molecular weight excluding hydrogens is 452 g/mol. The molecule has 0 fully saturated rings. The van der Waals surface area contributed by atoms with Crippen molar-refractivity contribution in [3.05, 3.63) is 89.6 Å². The second-order valence-corrected chi connectivity index (χ2v) is 7.92. The average molecular weight is 473 g/mol. The number of halogens is 1. The zero-order valence-corrected chi connectivity index (χ0v) is 19.1. The van der Waals surface area contributed by atoms with Gasteiger partial charge in [-0.3, -0.25) is 9.97 Å². The summed E-state index contributed by atoms with van der Waals surface area (Å²) in [5.41, 5.74) is 2.46. The summed E-state index contributed by atoms with van der Waals surface area (Å²) in [6, 6.07) is 16.7. The third-order valence-electron chi connectivity index (χ3n) is 4.90. The standard InChI is InChI=1S/C24H21ClN8O/c1-16-13-22(28-12-9-18-5-2-3-11-27-18)33-24(29-16)31-23(32-33)30-20-14-17(25)7-8-21(20)34-19-6-4-10-26-15-19/h2-8,10-11,13-15,28H,9,12H2,1H3,(H,30,32). The molecule has 0 saturated heterocycles. The average Bonchev–Trinajstić information content (AvgIpc) is 3.24. The number of benzene rings is 1. The topological polar surface area (TPSA) is 102 Å². The molecule has 0 unspecified atom stereocenters. The molecule has 9 nitrogen and oxygen atoms in total. The van der Waals surface area contributed by atoms with E-state index in [9.17, 15) is 0 Å². The van der Waals surface area contributed by atoms with E-state index in [2.05, 4.69) is 35.7 Å². The van der Waals surface area contributed by atoms with Crippen molar-refractivity contribution in [3.63, 3.8) is 0 Å². The molecule has 34 heavy (non-hydrogen) atoms. The van der Waals surface area contributed by atoms with Gasteiger partial charge in [-0.15, -0.1) is 5.10 Å². The lowest BCUT2D eigenvalue weighted by Gasteiger charge is -2.11. The van der Waals surface area contributed by atoms with E-state index in [0.717, 1.165) is 23.6 Å². The molecule has 0 saturated carbocycles. The molecule has 5 rings (SSSR count). The van der Waals surface area contributed by atoms with Crippen LogP contribution in [0.25, 0.3) is 5.78 Å². The van der Waals surface area contributed by atoms with Gasteiger partial charge >= 0.3 is 0 Å². The van der Waals surface area contributed by atoms with Crippen molar-refractivity contribution < 1.29 is 4.74 Å². The lowest BCUT2D eigenvalue weighted by Crippen LogP contribution is -2.10. The highest BCUT2D eigenvalue weighted by Gasteiger charge is 2.13. The van der Waals surface area contributed by atoms with Crippen LogP contribution in [-0.4, -0.2) is 36.1 Å². The van der Waals surface area contributed by atoms with Crippen molar-refractivity contribution in [1.82, 2.24) is 29.5 Å². The van der Waals surface area contributed by atoms with E-state index in [1.807, 2.05) is 37.3 Å². The van der Waals surface area contributed by atoms with Gasteiger partial charge in [-0.1, -0.05) is 17.7 Å². The molecule has 4 aromatic heterocycles. The highest BCUT2D eigenvalue weighted by atomic mass is 35.5. The Balaban J connectivity index is 1.39. The molecule has 0 radical (unpaired) electrons. The van der Waals surface area contributed by atoms with Gasteiger partial charge in [-0.05, 0) is 49.4 Å². The molecule has 10 heteroatoms. The fourth-order valence-corrected chi connectivity index (χ4v) is 3.55. The van der Waals surface area contributed by atoms with Crippen LogP contribution in [0.15, 0.2) is 73.2 Å². The number of rotatable bonds is 8. The molecule has 0 aliphatic rings. The predicted octanol–water partition coefficient (Wildman–Crippen LogP) is 5.07. The Morgan fingerprint density at radius 2 is 1.97 bits per heavy atom. The van der Waals surface area contributed by atoms with Crippen LogP contribution >= 0.6 is 11.6 Å². The smallest absolute Gasteiger partial charge is 0.256 e. The molecule has 0 spiro atoms. The minimum Gasteiger partial charge on any atom is -0.454 e. The first-order valence-electron chi connectivity index (χ1n) is 10.7. The number of nitrogens with zero attached hydrogens (tertiary/aromatic N) is 6. The summed E-state index contributed by atoms with van der Waals surface area (Å²) in [5, 5.41) is 11.8. The molecule has 0 atom stereocenters. The van der Waals surface area contributed by atoms with E-state index in [0.29, 0.717) is 40.5 Å². The number of anilines is 3. The molecule has 0 amide bonds. The lowest BCUT2D eigenvalue weighted by molar-refractivity contribution is 0.482. The number of hydrogen-bond donors (Lipinski definition) is 2. The molecule has 0 aliphatic heterocycles. The van der Waals surface area contributed by atoms with Crippen LogP contribution in [0, 0.1) is 6.92 Å². The van der Waals surface area contributed by atoms with Crippen LogP contribution in [0.2, 0.25) is 5.02 Å². The summed E-state index contributed by atoms with van der Waals surface area (Å²) in [6.07, 6.45) is 5.89. The zero-order valence-electron chi connectivity index (χ0n) is 18.3. The SMILES string of the molecule is Cc1cc(NCCc2ccccn2)n2nc(Nc3cc(Cl)ccc3Oc3cccnc3)nc2n1. The van der Waals surface area contributed by atoms with Gasteiger partial charge in [0.1, 0.15) is 11.6 Å². The van der Waals surface area contributed by atoms with Crippen LogP contribution < -0.4 is 15.4 Å². The van der Waals surface area contributed by atoms with E-state index in [1.165, 1.54) is 0 Å². The van der Waals surface area contributed by atoms with Crippen molar-refractivity contribution in [2.24, 2.45) is 0 Å². The van der Waals surface area contributed by atoms with Crippen molar-refractivity contribution in [1.29, 1.82) is 0 Å². The molecular formula is C24H21ClN8O. The first kappa shape index (κ1) is 21.6. The molecule has 0 bridgehead atoms. The molecule has 170 valence electrons. The molecule has 4 heterocycles.